The topological polar surface area (TPSA) is 71.4 Å². The van der Waals surface area contributed by atoms with Crippen LogP contribution in [0.5, 0.6) is 11.5 Å². The third-order valence-electron chi connectivity index (χ3n) is 5.96. The molecule has 3 aliphatic rings. The fourth-order valence-electron chi connectivity index (χ4n) is 4.03. The second kappa shape index (κ2) is 7.75. The van der Waals surface area contributed by atoms with Gasteiger partial charge in [-0.05, 0) is 42.0 Å². The van der Waals surface area contributed by atoms with Crippen LogP contribution in [0.3, 0.4) is 0 Å². The Bertz CT molecular complexity index is 1000. The molecule has 0 N–H and O–H groups in total. The molecule has 1 saturated carbocycles. The van der Waals surface area contributed by atoms with Gasteiger partial charge in [-0.3, -0.25) is 9.59 Å². The fraction of sp³-hybridized carbons (Fsp3) is 0.409. The summed E-state index contributed by atoms with van der Waals surface area (Å²) in [6.07, 6.45) is 3.54. The highest BCUT2D eigenvalue weighted by Crippen LogP contribution is 2.39. The van der Waals surface area contributed by atoms with Gasteiger partial charge in [0.1, 0.15) is 6.54 Å². The Hall–Kier alpha value is -2.87. The van der Waals surface area contributed by atoms with Gasteiger partial charge in [0.25, 0.3) is 5.91 Å². The van der Waals surface area contributed by atoms with E-state index in [0.29, 0.717) is 17.9 Å². The number of rotatable bonds is 5. The summed E-state index contributed by atoms with van der Waals surface area (Å²) in [7, 11) is 1.70. The van der Waals surface area contributed by atoms with Crippen LogP contribution >= 0.6 is 11.3 Å². The Morgan fingerprint density at radius 2 is 2.07 bits per heavy atom. The van der Waals surface area contributed by atoms with Gasteiger partial charge in [0.2, 0.25) is 12.7 Å². The quantitative estimate of drug-likeness (QED) is 0.736. The molecule has 0 unspecified atom stereocenters. The lowest BCUT2D eigenvalue weighted by molar-refractivity contribution is -0.144. The van der Waals surface area contributed by atoms with Crippen LogP contribution in [0.2, 0.25) is 0 Å². The maximum Gasteiger partial charge on any atom is 0.262 e. The van der Waals surface area contributed by atoms with E-state index in [0.717, 1.165) is 35.4 Å². The molecule has 30 heavy (non-hydrogen) atoms. The number of ether oxygens (including phenoxy) is 2. The number of carbonyl (C=O) groups excluding carboxylic acids is 2. The smallest absolute Gasteiger partial charge is 0.262 e. The molecule has 0 radical (unpaired) electrons. The van der Waals surface area contributed by atoms with Crippen molar-refractivity contribution in [2.45, 2.75) is 31.7 Å². The zero-order chi connectivity index (χ0) is 20.7. The highest BCUT2D eigenvalue weighted by Gasteiger charge is 2.36. The number of carbonyl (C=O) groups is 2. The number of benzene rings is 1. The van der Waals surface area contributed by atoms with Gasteiger partial charge in [-0.15, -0.1) is 11.3 Å². The number of hydrogen-bond donors (Lipinski definition) is 0. The lowest BCUT2D eigenvalue weighted by atomic mass is 9.84. The zero-order valence-corrected chi connectivity index (χ0v) is 17.6. The van der Waals surface area contributed by atoms with E-state index in [2.05, 4.69) is 5.10 Å². The SMILES string of the molecule is CN(CC(=O)N1N=C(c2cccs2)C[C@@H]1c1ccc2c(c1)OCO2)C(=O)C1CCC1. The summed E-state index contributed by atoms with van der Waals surface area (Å²) in [4.78, 5) is 28.3. The van der Waals surface area contributed by atoms with Crippen molar-refractivity contribution in [1.82, 2.24) is 9.91 Å². The summed E-state index contributed by atoms with van der Waals surface area (Å²) in [6.45, 7) is 0.231. The average Bonchev–Trinajstić information content (AvgIpc) is 3.45. The van der Waals surface area contributed by atoms with Crippen molar-refractivity contribution >= 4 is 28.9 Å². The van der Waals surface area contributed by atoms with Gasteiger partial charge in [-0.25, -0.2) is 5.01 Å². The number of nitrogens with zero attached hydrogens (tertiary/aromatic N) is 3. The van der Waals surface area contributed by atoms with Crippen molar-refractivity contribution in [2.24, 2.45) is 11.0 Å². The number of fused-ring (bicyclic) bond motifs is 1. The molecule has 3 heterocycles. The van der Waals surface area contributed by atoms with Crippen LogP contribution in [0.25, 0.3) is 0 Å². The zero-order valence-electron chi connectivity index (χ0n) is 16.7. The van der Waals surface area contributed by atoms with E-state index in [1.165, 1.54) is 5.01 Å². The predicted octanol–water partition coefficient (Wildman–Crippen LogP) is 3.41. The van der Waals surface area contributed by atoms with Crippen LogP contribution in [0.15, 0.2) is 40.8 Å². The standard InChI is InChI=1S/C22H23N3O4S/c1-24(22(27)14-4-2-5-14)12-21(26)25-17(11-16(23-25)20-6-3-9-30-20)15-7-8-18-19(10-15)29-13-28-18/h3,6-10,14,17H,2,4-5,11-13H2,1H3/t17-/m1/s1. The van der Waals surface area contributed by atoms with E-state index in [1.54, 1.807) is 23.3 Å². The first-order valence-electron chi connectivity index (χ1n) is 10.2. The van der Waals surface area contributed by atoms with Gasteiger partial charge in [-0.2, -0.15) is 5.10 Å². The van der Waals surface area contributed by atoms with E-state index in [1.807, 2.05) is 35.7 Å². The minimum Gasteiger partial charge on any atom is -0.454 e. The first-order chi connectivity index (χ1) is 14.6. The Labute approximate surface area is 178 Å². The summed E-state index contributed by atoms with van der Waals surface area (Å²) in [6, 6.07) is 9.50. The molecule has 1 aromatic heterocycles. The van der Waals surface area contributed by atoms with Crippen LogP contribution in [0, 0.1) is 5.92 Å². The van der Waals surface area contributed by atoms with Crippen molar-refractivity contribution in [3.8, 4) is 11.5 Å². The molecule has 8 heteroatoms. The van der Waals surface area contributed by atoms with Gasteiger partial charge in [0, 0.05) is 19.4 Å². The highest BCUT2D eigenvalue weighted by atomic mass is 32.1. The average molecular weight is 426 g/mol. The molecule has 2 aliphatic heterocycles. The first kappa shape index (κ1) is 19.1. The van der Waals surface area contributed by atoms with E-state index in [9.17, 15) is 9.59 Å². The van der Waals surface area contributed by atoms with E-state index in [4.69, 9.17) is 9.47 Å². The van der Waals surface area contributed by atoms with Crippen molar-refractivity contribution in [3.05, 3.63) is 46.2 Å². The monoisotopic (exact) mass is 425 g/mol. The molecule has 0 saturated heterocycles. The molecule has 1 fully saturated rings. The number of thiophene rings is 1. The third kappa shape index (κ3) is 3.45. The number of amides is 2. The minimum atomic E-state index is -0.240. The number of hydrogen-bond acceptors (Lipinski definition) is 6. The van der Waals surface area contributed by atoms with Crippen LogP contribution in [-0.4, -0.2) is 47.8 Å². The predicted molar refractivity (Wildman–Crippen MR) is 113 cm³/mol. The second-order valence-corrected chi connectivity index (χ2v) is 8.86. The van der Waals surface area contributed by atoms with Crippen LogP contribution in [-0.2, 0) is 9.59 Å². The van der Waals surface area contributed by atoms with Crippen molar-refractivity contribution in [3.63, 3.8) is 0 Å². The van der Waals surface area contributed by atoms with Gasteiger partial charge in [0.15, 0.2) is 11.5 Å². The van der Waals surface area contributed by atoms with Crippen LogP contribution < -0.4 is 9.47 Å². The molecule has 156 valence electrons. The molecule has 0 bridgehead atoms. The molecular formula is C22H23N3O4S. The van der Waals surface area contributed by atoms with Crippen molar-refractivity contribution < 1.29 is 19.1 Å². The molecule has 1 atom stereocenters. The number of hydrazone groups is 1. The summed E-state index contributed by atoms with van der Waals surface area (Å²) in [5, 5.41) is 8.22. The normalized spacial score (nSPS) is 20.1. The third-order valence-corrected chi connectivity index (χ3v) is 6.87. The summed E-state index contributed by atoms with van der Waals surface area (Å²) in [5.41, 5.74) is 1.82. The second-order valence-electron chi connectivity index (χ2n) is 7.92. The van der Waals surface area contributed by atoms with Gasteiger partial charge in [0.05, 0.1) is 16.6 Å². The summed E-state index contributed by atoms with van der Waals surface area (Å²) in [5.74, 6) is 1.33. The largest absolute Gasteiger partial charge is 0.454 e. The Balaban J connectivity index is 1.39. The lowest BCUT2D eigenvalue weighted by Crippen LogP contribution is -2.42. The molecule has 2 aromatic rings. The van der Waals surface area contributed by atoms with Crippen molar-refractivity contribution in [1.29, 1.82) is 0 Å². The van der Waals surface area contributed by atoms with Gasteiger partial charge < -0.3 is 14.4 Å². The number of likely N-dealkylation sites (N-methyl/N-ethyl adjacent to an activating group) is 1. The summed E-state index contributed by atoms with van der Waals surface area (Å²) >= 11 is 1.61. The van der Waals surface area contributed by atoms with E-state index < -0.39 is 0 Å². The van der Waals surface area contributed by atoms with Gasteiger partial charge >= 0.3 is 0 Å². The summed E-state index contributed by atoms with van der Waals surface area (Å²) < 4.78 is 10.9. The molecular weight excluding hydrogens is 402 g/mol. The Kier molecular flexibility index (Phi) is 4.94. The molecule has 7 nitrogen and oxygen atoms in total. The molecule has 0 spiro atoms. The van der Waals surface area contributed by atoms with Gasteiger partial charge in [-0.1, -0.05) is 18.6 Å². The molecule has 1 aromatic carbocycles. The lowest BCUT2D eigenvalue weighted by Gasteiger charge is -2.30. The molecule has 1 aliphatic carbocycles. The molecule has 5 rings (SSSR count). The Morgan fingerprint density at radius 3 is 2.80 bits per heavy atom. The molecule has 2 amide bonds. The fourth-order valence-corrected chi connectivity index (χ4v) is 4.75. The minimum absolute atomic E-state index is 0.0254. The van der Waals surface area contributed by atoms with Crippen LogP contribution in [0.1, 0.15) is 42.2 Å². The Morgan fingerprint density at radius 1 is 1.23 bits per heavy atom. The first-order valence-corrected chi connectivity index (χ1v) is 11.1. The van der Waals surface area contributed by atoms with Crippen molar-refractivity contribution in [2.75, 3.05) is 20.4 Å². The van der Waals surface area contributed by atoms with E-state index in [-0.39, 0.29) is 37.1 Å². The van der Waals surface area contributed by atoms with Crippen LogP contribution in [0.4, 0.5) is 0 Å². The maximum atomic E-state index is 13.2. The van der Waals surface area contributed by atoms with E-state index >= 15 is 0 Å². The highest BCUT2D eigenvalue weighted by molar-refractivity contribution is 7.12. The maximum absolute atomic E-state index is 13.2.